The van der Waals surface area contributed by atoms with Crippen molar-refractivity contribution in [1.29, 1.82) is 0 Å². The molecule has 2 aliphatic rings. The van der Waals surface area contributed by atoms with Gasteiger partial charge in [0.25, 0.3) is 5.91 Å². The number of benzene rings is 2. The molecular formula is C24H29FN2O2. The molecule has 0 aliphatic carbocycles. The van der Waals surface area contributed by atoms with Crippen LogP contribution in [0.5, 0.6) is 0 Å². The molecule has 2 atom stereocenters. The van der Waals surface area contributed by atoms with E-state index in [1.807, 2.05) is 12.1 Å². The number of carbonyl (C=O) groups excluding carboxylic acids is 1. The first-order chi connectivity index (χ1) is 14.0. The van der Waals surface area contributed by atoms with Crippen LogP contribution in [0.25, 0.3) is 0 Å². The molecule has 2 aromatic carbocycles. The molecule has 0 aromatic heterocycles. The van der Waals surface area contributed by atoms with Crippen molar-refractivity contribution in [1.82, 2.24) is 4.90 Å². The molecular weight excluding hydrogens is 367 g/mol. The average Bonchev–Trinajstić information content (AvgIpc) is 2.73. The van der Waals surface area contributed by atoms with E-state index in [4.69, 9.17) is 0 Å². The fourth-order valence-electron chi connectivity index (χ4n) is 4.59. The van der Waals surface area contributed by atoms with E-state index >= 15 is 0 Å². The minimum atomic E-state index is -0.520. The van der Waals surface area contributed by atoms with Crippen molar-refractivity contribution < 1.29 is 14.3 Å². The van der Waals surface area contributed by atoms with E-state index in [1.54, 1.807) is 4.90 Å². The van der Waals surface area contributed by atoms with E-state index in [0.29, 0.717) is 24.6 Å². The Morgan fingerprint density at radius 1 is 1.17 bits per heavy atom. The molecule has 0 saturated carbocycles. The van der Waals surface area contributed by atoms with Crippen molar-refractivity contribution in [2.45, 2.75) is 38.7 Å². The molecule has 1 amide bonds. The second-order valence-corrected chi connectivity index (χ2v) is 8.48. The summed E-state index contributed by atoms with van der Waals surface area (Å²) in [6, 6.07) is 11.6. The van der Waals surface area contributed by atoms with Gasteiger partial charge in [0.1, 0.15) is 5.82 Å². The number of β-amino-alcohol motifs (C(OH)–C–C–N with tert-alkyl or cyclic N) is 1. The van der Waals surface area contributed by atoms with E-state index in [-0.39, 0.29) is 11.7 Å². The third-order valence-corrected chi connectivity index (χ3v) is 6.12. The number of rotatable bonds is 4. The van der Waals surface area contributed by atoms with Gasteiger partial charge in [-0.1, -0.05) is 19.1 Å². The zero-order valence-electron chi connectivity index (χ0n) is 17.0. The summed E-state index contributed by atoms with van der Waals surface area (Å²) in [7, 11) is 0. The Kier molecular flexibility index (Phi) is 5.97. The number of aliphatic hydroxyl groups excluding tert-OH is 1. The highest BCUT2D eigenvalue weighted by Crippen LogP contribution is 2.31. The van der Waals surface area contributed by atoms with Crippen LogP contribution in [0.3, 0.4) is 0 Å². The normalized spacial score (nSPS) is 20.9. The number of aliphatic hydroxyl groups is 1. The van der Waals surface area contributed by atoms with Gasteiger partial charge in [0.2, 0.25) is 0 Å². The zero-order chi connectivity index (χ0) is 20.4. The van der Waals surface area contributed by atoms with E-state index in [1.165, 1.54) is 37.1 Å². The van der Waals surface area contributed by atoms with Crippen molar-refractivity contribution >= 4 is 11.6 Å². The Morgan fingerprint density at radius 2 is 1.97 bits per heavy atom. The van der Waals surface area contributed by atoms with Crippen molar-refractivity contribution in [2.75, 3.05) is 31.1 Å². The highest BCUT2D eigenvalue weighted by Gasteiger charge is 2.25. The fraction of sp³-hybridized carbons (Fsp3) is 0.458. The monoisotopic (exact) mass is 396 g/mol. The maximum Gasteiger partial charge on any atom is 0.258 e. The van der Waals surface area contributed by atoms with Gasteiger partial charge in [-0.3, -0.25) is 4.79 Å². The first-order valence-corrected chi connectivity index (χ1v) is 10.6. The lowest BCUT2D eigenvalue weighted by Crippen LogP contribution is -2.37. The number of carbonyl (C=O) groups is 1. The molecule has 1 fully saturated rings. The topological polar surface area (TPSA) is 43.8 Å². The molecule has 2 aliphatic heterocycles. The molecule has 2 aromatic rings. The standard InChI is InChI=1S/C24H29FN2O2/c1-17-4-2-12-26(15-17)16-23(28)20-8-11-22-19(14-20)5-3-13-27(22)24(29)18-6-9-21(25)10-7-18/h6-11,14,17,23,28H,2-5,12-13,15-16H2,1H3. The van der Waals surface area contributed by atoms with Gasteiger partial charge in [0.05, 0.1) is 6.10 Å². The number of nitrogens with zero attached hydrogens (tertiary/aromatic N) is 2. The number of hydrogen-bond donors (Lipinski definition) is 1. The summed E-state index contributed by atoms with van der Waals surface area (Å²) in [6.07, 6.45) is 3.71. The Hall–Kier alpha value is -2.24. The van der Waals surface area contributed by atoms with Crippen LogP contribution in [0.2, 0.25) is 0 Å². The summed E-state index contributed by atoms with van der Waals surface area (Å²) >= 11 is 0. The van der Waals surface area contributed by atoms with Gasteiger partial charge in [0.15, 0.2) is 0 Å². The molecule has 154 valence electrons. The number of fused-ring (bicyclic) bond motifs is 1. The van der Waals surface area contributed by atoms with Crippen molar-refractivity contribution in [2.24, 2.45) is 5.92 Å². The molecule has 1 saturated heterocycles. The third-order valence-electron chi connectivity index (χ3n) is 6.12. The van der Waals surface area contributed by atoms with Gasteiger partial charge < -0.3 is 14.9 Å². The van der Waals surface area contributed by atoms with E-state index < -0.39 is 6.10 Å². The van der Waals surface area contributed by atoms with Gasteiger partial charge in [-0.05, 0) is 79.6 Å². The van der Waals surface area contributed by atoms with E-state index in [9.17, 15) is 14.3 Å². The SMILES string of the molecule is CC1CCCN(CC(O)c2ccc3c(c2)CCCN3C(=O)c2ccc(F)cc2)C1. The van der Waals surface area contributed by atoms with Crippen molar-refractivity contribution in [3.8, 4) is 0 Å². The first-order valence-electron chi connectivity index (χ1n) is 10.6. The summed E-state index contributed by atoms with van der Waals surface area (Å²) in [5, 5.41) is 10.8. The lowest BCUT2D eigenvalue weighted by molar-refractivity contribution is 0.0875. The van der Waals surface area contributed by atoms with Crippen LogP contribution in [0.1, 0.15) is 53.8 Å². The Bertz CT molecular complexity index is 868. The lowest BCUT2D eigenvalue weighted by atomic mass is 9.95. The molecule has 4 rings (SSSR count). The number of halogens is 1. The summed E-state index contributed by atoms with van der Waals surface area (Å²) in [6.45, 7) is 5.66. The number of piperidine rings is 1. The van der Waals surface area contributed by atoms with Crippen LogP contribution >= 0.6 is 0 Å². The Balaban J connectivity index is 1.50. The number of likely N-dealkylation sites (tertiary alicyclic amines) is 1. The maximum atomic E-state index is 13.2. The smallest absolute Gasteiger partial charge is 0.258 e. The average molecular weight is 397 g/mol. The Morgan fingerprint density at radius 3 is 2.72 bits per heavy atom. The third kappa shape index (κ3) is 4.51. The number of hydrogen-bond acceptors (Lipinski definition) is 3. The number of anilines is 1. The van der Waals surface area contributed by atoms with Gasteiger partial charge >= 0.3 is 0 Å². The first kappa shape index (κ1) is 20.0. The molecule has 0 spiro atoms. The molecule has 0 bridgehead atoms. The quantitative estimate of drug-likeness (QED) is 0.843. The largest absolute Gasteiger partial charge is 0.387 e. The highest BCUT2D eigenvalue weighted by molar-refractivity contribution is 6.06. The summed E-state index contributed by atoms with van der Waals surface area (Å²) < 4.78 is 13.2. The minimum Gasteiger partial charge on any atom is -0.387 e. The van der Waals surface area contributed by atoms with Gasteiger partial charge in [-0.2, -0.15) is 0 Å². The molecule has 2 unspecified atom stereocenters. The molecule has 5 heteroatoms. The lowest BCUT2D eigenvalue weighted by Gasteiger charge is -2.33. The van der Waals surface area contributed by atoms with Crippen molar-refractivity contribution in [3.05, 3.63) is 65.0 Å². The second-order valence-electron chi connectivity index (χ2n) is 8.48. The van der Waals surface area contributed by atoms with Gasteiger partial charge in [-0.15, -0.1) is 0 Å². The predicted molar refractivity (Wildman–Crippen MR) is 113 cm³/mol. The molecule has 4 nitrogen and oxygen atoms in total. The highest BCUT2D eigenvalue weighted by atomic mass is 19.1. The Labute approximate surface area is 171 Å². The predicted octanol–water partition coefficient (Wildman–Crippen LogP) is 4.18. The second kappa shape index (κ2) is 8.64. The fourth-order valence-corrected chi connectivity index (χ4v) is 4.59. The molecule has 1 N–H and O–H groups in total. The van der Waals surface area contributed by atoms with E-state index in [2.05, 4.69) is 17.9 Å². The van der Waals surface area contributed by atoms with Crippen LogP contribution < -0.4 is 4.90 Å². The van der Waals surface area contributed by atoms with Gasteiger partial charge in [0, 0.05) is 30.9 Å². The molecule has 0 radical (unpaired) electrons. The van der Waals surface area contributed by atoms with Crippen LogP contribution in [-0.2, 0) is 6.42 Å². The minimum absolute atomic E-state index is 0.110. The van der Waals surface area contributed by atoms with Crippen LogP contribution in [-0.4, -0.2) is 42.1 Å². The van der Waals surface area contributed by atoms with Crippen LogP contribution in [0.4, 0.5) is 10.1 Å². The van der Waals surface area contributed by atoms with Crippen LogP contribution in [0, 0.1) is 11.7 Å². The summed E-state index contributed by atoms with van der Waals surface area (Å²) in [4.78, 5) is 17.1. The van der Waals surface area contributed by atoms with Crippen molar-refractivity contribution in [3.63, 3.8) is 0 Å². The number of amides is 1. The summed E-state index contributed by atoms with van der Waals surface area (Å²) in [5.41, 5.74) is 3.39. The zero-order valence-corrected chi connectivity index (χ0v) is 17.0. The molecule has 2 heterocycles. The maximum absolute atomic E-state index is 13.2. The summed E-state index contributed by atoms with van der Waals surface area (Å²) in [5.74, 6) is 0.231. The van der Waals surface area contributed by atoms with Gasteiger partial charge in [-0.25, -0.2) is 4.39 Å². The van der Waals surface area contributed by atoms with E-state index in [0.717, 1.165) is 42.7 Å². The van der Waals surface area contributed by atoms with Crippen LogP contribution in [0.15, 0.2) is 42.5 Å². The number of aryl methyl sites for hydroxylation is 1. The molecule has 29 heavy (non-hydrogen) atoms.